The lowest BCUT2D eigenvalue weighted by molar-refractivity contribution is -0.116. The standard InChI is InChI=1S/C24H22BrN3O/c1-14-10-11-15(2)16(12-14)22-17(13-26)24(27)28(19-7-4-3-6-18(19)25)20-8-5-9-21(29)23(20)22/h3-4,6-7,10-12,22H,5,8-9,27H2,1-2H3. The molecule has 0 saturated carbocycles. The van der Waals surface area contributed by atoms with Gasteiger partial charge in [-0.1, -0.05) is 35.9 Å². The predicted molar refractivity (Wildman–Crippen MR) is 118 cm³/mol. The molecule has 0 fully saturated rings. The summed E-state index contributed by atoms with van der Waals surface area (Å²) < 4.78 is 0.871. The van der Waals surface area contributed by atoms with Gasteiger partial charge in [-0.2, -0.15) is 5.26 Å². The molecule has 2 N–H and O–H groups in total. The minimum absolute atomic E-state index is 0.106. The molecule has 0 amide bonds. The molecule has 0 spiro atoms. The third kappa shape index (κ3) is 3.18. The maximum absolute atomic E-state index is 13.2. The fraction of sp³-hybridized carbons (Fsp3) is 0.250. The molecule has 2 aliphatic rings. The Labute approximate surface area is 179 Å². The van der Waals surface area contributed by atoms with Gasteiger partial charge < -0.3 is 5.73 Å². The highest BCUT2D eigenvalue weighted by Gasteiger charge is 2.41. The van der Waals surface area contributed by atoms with Crippen molar-refractivity contribution >= 4 is 27.4 Å². The molecule has 1 atom stereocenters. The largest absolute Gasteiger partial charge is 0.384 e. The van der Waals surface area contributed by atoms with Crippen molar-refractivity contribution in [3.05, 3.63) is 86.3 Å². The minimum Gasteiger partial charge on any atom is -0.384 e. The fourth-order valence-electron chi connectivity index (χ4n) is 4.38. The van der Waals surface area contributed by atoms with Crippen molar-refractivity contribution in [1.29, 1.82) is 5.26 Å². The van der Waals surface area contributed by atoms with Gasteiger partial charge in [0, 0.05) is 22.2 Å². The molecular weight excluding hydrogens is 426 g/mol. The van der Waals surface area contributed by atoms with E-state index in [2.05, 4.69) is 28.1 Å². The van der Waals surface area contributed by atoms with E-state index in [0.29, 0.717) is 23.4 Å². The lowest BCUT2D eigenvalue weighted by Gasteiger charge is -2.40. The molecule has 0 saturated heterocycles. The topological polar surface area (TPSA) is 70.1 Å². The van der Waals surface area contributed by atoms with Gasteiger partial charge in [-0.3, -0.25) is 9.69 Å². The molecule has 4 nitrogen and oxygen atoms in total. The number of halogens is 1. The monoisotopic (exact) mass is 447 g/mol. The molecule has 0 radical (unpaired) electrons. The molecule has 1 unspecified atom stereocenters. The second-order valence-corrected chi connectivity index (χ2v) is 8.48. The number of carbonyl (C=O) groups excluding carboxylic acids is 1. The van der Waals surface area contributed by atoms with Gasteiger partial charge in [0.2, 0.25) is 0 Å². The Morgan fingerprint density at radius 1 is 1.17 bits per heavy atom. The minimum atomic E-state index is -0.415. The zero-order valence-electron chi connectivity index (χ0n) is 16.5. The Bertz CT molecular complexity index is 1120. The number of carbonyl (C=O) groups is 1. The molecule has 2 aromatic carbocycles. The average molecular weight is 448 g/mol. The predicted octanol–water partition coefficient (Wildman–Crippen LogP) is 5.37. The lowest BCUT2D eigenvalue weighted by atomic mass is 9.74. The number of Topliss-reactive ketones (excluding diaryl/α,β-unsaturated/α-hetero) is 1. The number of allylic oxidation sites excluding steroid dienone is 3. The molecular formula is C24H22BrN3O. The van der Waals surface area contributed by atoms with E-state index in [1.54, 1.807) is 0 Å². The molecule has 1 aliphatic heterocycles. The number of para-hydroxylation sites is 1. The summed E-state index contributed by atoms with van der Waals surface area (Å²) in [6, 6.07) is 16.3. The van der Waals surface area contributed by atoms with Crippen LogP contribution < -0.4 is 10.6 Å². The summed E-state index contributed by atoms with van der Waals surface area (Å²) in [4.78, 5) is 15.1. The third-order valence-corrected chi connectivity index (χ3v) is 6.42. The van der Waals surface area contributed by atoms with Gasteiger partial charge >= 0.3 is 0 Å². The number of benzene rings is 2. The fourth-order valence-corrected chi connectivity index (χ4v) is 4.84. The van der Waals surface area contributed by atoms with Crippen molar-refractivity contribution in [2.75, 3.05) is 4.90 Å². The van der Waals surface area contributed by atoms with Crippen molar-refractivity contribution in [2.24, 2.45) is 5.73 Å². The van der Waals surface area contributed by atoms with Crippen LogP contribution in [-0.4, -0.2) is 5.78 Å². The van der Waals surface area contributed by atoms with E-state index in [1.165, 1.54) is 0 Å². The maximum atomic E-state index is 13.2. The number of hydrogen-bond donors (Lipinski definition) is 1. The van der Waals surface area contributed by atoms with Crippen LogP contribution in [0.25, 0.3) is 0 Å². The lowest BCUT2D eigenvalue weighted by Crippen LogP contribution is -2.39. The van der Waals surface area contributed by atoms with Crippen LogP contribution in [0.1, 0.15) is 41.9 Å². The molecule has 2 aromatic rings. The van der Waals surface area contributed by atoms with Gasteiger partial charge in [0.15, 0.2) is 5.78 Å². The molecule has 1 aliphatic carbocycles. The SMILES string of the molecule is Cc1ccc(C)c(C2C(C#N)=C(N)N(c3ccccc3Br)C3=C2C(=O)CCC3)c1. The third-order valence-electron chi connectivity index (χ3n) is 5.75. The van der Waals surface area contributed by atoms with E-state index in [1.807, 2.05) is 55.1 Å². The van der Waals surface area contributed by atoms with E-state index < -0.39 is 5.92 Å². The van der Waals surface area contributed by atoms with Gasteiger partial charge in [-0.05, 0) is 65.9 Å². The number of hydrogen-bond acceptors (Lipinski definition) is 4. The molecule has 0 bridgehead atoms. The highest BCUT2D eigenvalue weighted by molar-refractivity contribution is 9.10. The van der Waals surface area contributed by atoms with Crippen LogP contribution in [0, 0.1) is 25.2 Å². The van der Waals surface area contributed by atoms with Crippen molar-refractivity contribution in [2.45, 2.75) is 39.0 Å². The van der Waals surface area contributed by atoms with Crippen LogP contribution in [0.5, 0.6) is 0 Å². The summed E-state index contributed by atoms with van der Waals surface area (Å²) in [5.74, 6) is 0.0923. The zero-order chi connectivity index (χ0) is 20.7. The average Bonchev–Trinajstić information content (AvgIpc) is 2.70. The number of nitriles is 1. The van der Waals surface area contributed by atoms with Crippen LogP contribution in [0.4, 0.5) is 5.69 Å². The smallest absolute Gasteiger partial charge is 0.161 e. The Morgan fingerprint density at radius 3 is 2.66 bits per heavy atom. The highest BCUT2D eigenvalue weighted by Crippen LogP contribution is 2.48. The quantitative estimate of drug-likeness (QED) is 0.671. The van der Waals surface area contributed by atoms with Gasteiger partial charge in [0.25, 0.3) is 0 Å². The van der Waals surface area contributed by atoms with Gasteiger partial charge in [0.1, 0.15) is 5.82 Å². The van der Waals surface area contributed by atoms with Crippen LogP contribution in [0.2, 0.25) is 0 Å². The summed E-state index contributed by atoms with van der Waals surface area (Å²) in [5, 5.41) is 10.1. The Hall–Kier alpha value is -2.84. The molecule has 5 heteroatoms. The van der Waals surface area contributed by atoms with Gasteiger partial charge in [-0.25, -0.2) is 0 Å². The summed E-state index contributed by atoms with van der Waals surface area (Å²) in [5.41, 5.74) is 12.7. The first-order valence-corrected chi connectivity index (χ1v) is 10.5. The second kappa shape index (κ2) is 7.53. The molecule has 29 heavy (non-hydrogen) atoms. The van der Waals surface area contributed by atoms with E-state index in [-0.39, 0.29) is 5.78 Å². The molecule has 4 rings (SSSR count). The number of rotatable bonds is 2. The van der Waals surface area contributed by atoms with Crippen LogP contribution >= 0.6 is 15.9 Å². The Morgan fingerprint density at radius 2 is 1.93 bits per heavy atom. The maximum Gasteiger partial charge on any atom is 0.161 e. The second-order valence-electron chi connectivity index (χ2n) is 7.63. The number of anilines is 1. The van der Waals surface area contributed by atoms with Crippen LogP contribution in [0.3, 0.4) is 0 Å². The summed E-state index contributed by atoms with van der Waals surface area (Å²) in [6.07, 6.45) is 2.04. The van der Waals surface area contributed by atoms with Gasteiger partial charge in [-0.15, -0.1) is 0 Å². The van der Waals surface area contributed by atoms with Crippen molar-refractivity contribution in [3.63, 3.8) is 0 Å². The number of nitrogens with zero attached hydrogens (tertiary/aromatic N) is 2. The summed E-state index contributed by atoms with van der Waals surface area (Å²) >= 11 is 3.60. The first-order valence-electron chi connectivity index (χ1n) is 9.71. The first kappa shape index (κ1) is 19.5. The Balaban J connectivity index is 2.03. The highest BCUT2D eigenvalue weighted by atomic mass is 79.9. The van der Waals surface area contributed by atoms with E-state index in [9.17, 15) is 10.1 Å². The summed E-state index contributed by atoms with van der Waals surface area (Å²) in [6.45, 7) is 4.05. The molecule has 0 aromatic heterocycles. The number of nitrogens with two attached hydrogens (primary N) is 1. The molecule has 146 valence electrons. The van der Waals surface area contributed by atoms with Crippen molar-refractivity contribution in [3.8, 4) is 6.07 Å². The first-order chi connectivity index (χ1) is 13.9. The van der Waals surface area contributed by atoms with Crippen molar-refractivity contribution < 1.29 is 4.79 Å². The normalized spacial score (nSPS) is 19.3. The van der Waals surface area contributed by atoms with Crippen LogP contribution in [-0.2, 0) is 4.79 Å². The van der Waals surface area contributed by atoms with Crippen LogP contribution in [0.15, 0.2) is 69.6 Å². The van der Waals surface area contributed by atoms with E-state index in [4.69, 9.17) is 5.73 Å². The van der Waals surface area contributed by atoms with E-state index >= 15 is 0 Å². The van der Waals surface area contributed by atoms with Gasteiger partial charge in [0.05, 0.1) is 23.2 Å². The van der Waals surface area contributed by atoms with Crippen molar-refractivity contribution in [1.82, 2.24) is 0 Å². The zero-order valence-corrected chi connectivity index (χ0v) is 18.1. The number of aryl methyl sites for hydroxylation is 2. The summed E-state index contributed by atoms with van der Waals surface area (Å²) in [7, 11) is 0. The molecule has 1 heterocycles. The number of ketones is 1. The van der Waals surface area contributed by atoms with E-state index in [0.717, 1.165) is 45.4 Å². The Kier molecular flexibility index (Phi) is 5.06.